The number of urea groups is 1. The molecule has 2 fully saturated rings. The summed E-state index contributed by atoms with van der Waals surface area (Å²) in [6.45, 7) is 2.88. The summed E-state index contributed by atoms with van der Waals surface area (Å²) in [7, 11) is 0. The molecule has 0 spiro atoms. The number of imide groups is 1. The molecule has 1 unspecified atom stereocenters. The van der Waals surface area contributed by atoms with Crippen LogP contribution in [-0.4, -0.2) is 37.6 Å². The molecule has 2 saturated heterocycles. The van der Waals surface area contributed by atoms with Crippen LogP contribution in [0, 0.1) is 5.41 Å². The van der Waals surface area contributed by atoms with Crippen LogP contribution in [-0.2, 0) is 19.9 Å². The van der Waals surface area contributed by atoms with Gasteiger partial charge in [0.2, 0.25) is 5.91 Å². The summed E-state index contributed by atoms with van der Waals surface area (Å²) in [5.41, 5.74) is 5.19. The summed E-state index contributed by atoms with van der Waals surface area (Å²) >= 11 is 0. The molecule has 2 aliphatic rings. The third-order valence-electron chi connectivity index (χ3n) is 5.06. The molecule has 1 aromatic rings. The molecule has 0 radical (unpaired) electrons. The molecule has 2 aliphatic heterocycles. The van der Waals surface area contributed by atoms with Gasteiger partial charge in [0.25, 0.3) is 5.91 Å². The zero-order valence-electron chi connectivity index (χ0n) is 14.5. The van der Waals surface area contributed by atoms with Crippen molar-refractivity contribution in [2.75, 3.05) is 25.1 Å². The highest BCUT2D eigenvalue weighted by Gasteiger charge is 2.44. The molecule has 9 heteroatoms. The number of halogens is 1. The Hall–Kier alpha value is -2.16. The second-order valence-electron chi connectivity index (χ2n) is 6.67. The predicted molar refractivity (Wildman–Crippen MR) is 97.9 cm³/mol. The van der Waals surface area contributed by atoms with Crippen LogP contribution in [0.5, 0.6) is 0 Å². The minimum atomic E-state index is -1.16. The van der Waals surface area contributed by atoms with E-state index in [9.17, 15) is 14.4 Å². The predicted octanol–water partition coefficient (Wildman–Crippen LogP) is 0.857. The van der Waals surface area contributed by atoms with Crippen molar-refractivity contribution in [1.29, 1.82) is 0 Å². The van der Waals surface area contributed by atoms with E-state index in [4.69, 9.17) is 10.5 Å². The normalized spacial score (nSPS) is 24.2. The molecular formula is C17H23ClN4O4. The Balaban J connectivity index is 0.00000243. The molecule has 8 nitrogen and oxygen atoms in total. The van der Waals surface area contributed by atoms with E-state index in [-0.39, 0.29) is 24.9 Å². The smallest absolute Gasteiger partial charge is 0.322 e. The topological polar surface area (TPSA) is 123 Å². The average molecular weight is 383 g/mol. The molecular weight excluding hydrogens is 360 g/mol. The van der Waals surface area contributed by atoms with E-state index in [2.05, 4.69) is 16.0 Å². The van der Waals surface area contributed by atoms with Gasteiger partial charge < -0.3 is 21.1 Å². The first kappa shape index (κ1) is 20.2. The molecule has 2 heterocycles. The van der Waals surface area contributed by atoms with Gasteiger partial charge in [0, 0.05) is 25.4 Å². The van der Waals surface area contributed by atoms with Crippen LogP contribution < -0.4 is 21.7 Å². The van der Waals surface area contributed by atoms with Gasteiger partial charge in [-0.1, -0.05) is 12.1 Å². The fourth-order valence-electron chi connectivity index (χ4n) is 3.20. The lowest BCUT2D eigenvalue weighted by Crippen LogP contribution is -2.46. The van der Waals surface area contributed by atoms with Gasteiger partial charge in [0.05, 0.1) is 5.41 Å². The second-order valence-corrected chi connectivity index (χ2v) is 6.67. The Morgan fingerprint density at radius 3 is 2.58 bits per heavy atom. The minimum Gasteiger partial charge on any atom is -0.381 e. The van der Waals surface area contributed by atoms with Crippen molar-refractivity contribution in [1.82, 2.24) is 10.6 Å². The fraction of sp³-hybridized carbons (Fsp3) is 0.471. The van der Waals surface area contributed by atoms with E-state index in [0.717, 1.165) is 0 Å². The van der Waals surface area contributed by atoms with Gasteiger partial charge in [-0.3, -0.25) is 14.9 Å². The number of carbonyl (C=O) groups excluding carboxylic acids is 3. The van der Waals surface area contributed by atoms with E-state index in [1.165, 1.54) is 0 Å². The molecule has 5 N–H and O–H groups in total. The molecule has 1 atom stereocenters. The molecule has 0 saturated carbocycles. The van der Waals surface area contributed by atoms with Crippen molar-refractivity contribution < 1.29 is 19.1 Å². The van der Waals surface area contributed by atoms with E-state index >= 15 is 0 Å². The maximum Gasteiger partial charge on any atom is 0.322 e. The number of nitrogens with one attached hydrogen (secondary N) is 3. The van der Waals surface area contributed by atoms with Crippen LogP contribution in [0.15, 0.2) is 24.3 Å². The van der Waals surface area contributed by atoms with Crippen molar-refractivity contribution in [2.24, 2.45) is 11.1 Å². The lowest BCUT2D eigenvalue weighted by atomic mass is 9.79. The summed E-state index contributed by atoms with van der Waals surface area (Å²) in [5, 5.41) is 7.73. The van der Waals surface area contributed by atoms with E-state index in [1.807, 2.05) is 0 Å². The number of benzene rings is 1. The SMILES string of the molecule is CC1(c2cccc(NC(=O)C3(CN)CCOCC3)c2)NC(=O)NC1=O.Cl. The van der Waals surface area contributed by atoms with Crippen LogP contribution in [0.4, 0.5) is 10.5 Å². The van der Waals surface area contributed by atoms with Gasteiger partial charge in [-0.25, -0.2) is 4.79 Å². The van der Waals surface area contributed by atoms with Crippen LogP contribution >= 0.6 is 12.4 Å². The largest absolute Gasteiger partial charge is 0.381 e. The van der Waals surface area contributed by atoms with Crippen molar-refractivity contribution in [3.05, 3.63) is 29.8 Å². The van der Waals surface area contributed by atoms with Gasteiger partial charge in [-0.2, -0.15) is 0 Å². The third kappa shape index (κ3) is 3.53. The average Bonchev–Trinajstić information content (AvgIpc) is 2.88. The number of rotatable bonds is 4. The molecule has 26 heavy (non-hydrogen) atoms. The van der Waals surface area contributed by atoms with Crippen LogP contribution in [0.25, 0.3) is 0 Å². The molecule has 0 aliphatic carbocycles. The standard InChI is InChI=1S/C17H22N4O4.ClH/c1-16(13(22)20-15(24)21-16)11-3-2-4-12(9-11)19-14(23)17(10-18)5-7-25-8-6-17;/h2-4,9H,5-8,10,18H2,1H3,(H,19,23)(H2,20,21,22,24);1H. The first-order valence-corrected chi connectivity index (χ1v) is 8.23. The zero-order valence-corrected chi connectivity index (χ0v) is 15.3. The number of hydrogen-bond acceptors (Lipinski definition) is 5. The molecule has 4 amide bonds. The molecule has 3 rings (SSSR count). The van der Waals surface area contributed by atoms with Gasteiger partial charge in [0.15, 0.2) is 0 Å². The molecule has 1 aromatic carbocycles. The summed E-state index contributed by atoms with van der Waals surface area (Å²) in [4.78, 5) is 36.3. The molecule has 0 bridgehead atoms. The highest BCUT2D eigenvalue weighted by molar-refractivity contribution is 6.07. The van der Waals surface area contributed by atoms with E-state index in [0.29, 0.717) is 37.3 Å². The number of amides is 4. The van der Waals surface area contributed by atoms with E-state index < -0.39 is 22.9 Å². The highest BCUT2D eigenvalue weighted by Crippen LogP contribution is 2.32. The number of anilines is 1. The van der Waals surface area contributed by atoms with Crippen molar-refractivity contribution in [2.45, 2.75) is 25.3 Å². The summed E-state index contributed by atoms with van der Waals surface area (Å²) in [5.74, 6) is -0.579. The number of ether oxygens (including phenoxy) is 1. The second kappa shape index (κ2) is 7.61. The lowest BCUT2D eigenvalue weighted by Gasteiger charge is -2.34. The van der Waals surface area contributed by atoms with Crippen LogP contribution in [0.3, 0.4) is 0 Å². The van der Waals surface area contributed by atoms with Gasteiger partial charge in [-0.05, 0) is 37.5 Å². The quantitative estimate of drug-likeness (QED) is 0.575. The van der Waals surface area contributed by atoms with Crippen molar-refractivity contribution in [3.63, 3.8) is 0 Å². The first-order chi connectivity index (χ1) is 11.9. The summed E-state index contributed by atoms with van der Waals surface area (Å²) < 4.78 is 5.33. The van der Waals surface area contributed by atoms with Gasteiger partial charge in [-0.15, -0.1) is 12.4 Å². The maximum absolute atomic E-state index is 12.8. The third-order valence-corrected chi connectivity index (χ3v) is 5.06. The van der Waals surface area contributed by atoms with Crippen LogP contribution in [0.2, 0.25) is 0 Å². The number of carbonyl (C=O) groups is 3. The lowest BCUT2D eigenvalue weighted by molar-refractivity contribution is -0.130. The number of nitrogens with two attached hydrogens (primary N) is 1. The number of hydrogen-bond donors (Lipinski definition) is 4. The Labute approximate surface area is 157 Å². The van der Waals surface area contributed by atoms with Gasteiger partial charge in [0.1, 0.15) is 5.54 Å². The Kier molecular flexibility index (Phi) is 5.90. The Morgan fingerprint density at radius 1 is 1.31 bits per heavy atom. The first-order valence-electron chi connectivity index (χ1n) is 8.23. The zero-order chi connectivity index (χ0) is 18.1. The fourth-order valence-corrected chi connectivity index (χ4v) is 3.20. The van der Waals surface area contributed by atoms with Crippen LogP contribution in [0.1, 0.15) is 25.3 Å². The van der Waals surface area contributed by atoms with Gasteiger partial charge >= 0.3 is 6.03 Å². The minimum absolute atomic E-state index is 0. The van der Waals surface area contributed by atoms with Crippen molar-refractivity contribution in [3.8, 4) is 0 Å². The van der Waals surface area contributed by atoms with E-state index in [1.54, 1.807) is 31.2 Å². The summed E-state index contributed by atoms with van der Waals surface area (Å²) in [6.07, 6.45) is 1.15. The Bertz CT molecular complexity index is 720. The maximum atomic E-state index is 12.8. The van der Waals surface area contributed by atoms with Crippen molar-refractivity contribution >= 4 is 35.9 Å². The molecule has 142 valence electrons. The Morgan fingerprint density at radius 2 is 2.00 bits per heavy atom. The molecule has 0 aromatic heterocycles. The monoisotopic (exact) mass is 382 g/mol. The highest BCUT2D eigenvalue weighted by atomic mass is 35.5. The summed E-state index contributed by atoms with van der Waals surface area (Å²) in [6, 6.07) is 6.35.